The van der Waals surface area contributed by atoms with Crippen LogP contribution in [-0.2, 0) is 0 Å². The lowest BCUT2D eigenvalue weighted by atomic mass is 10.3. The largest absolute Gasteiger partial charge is 0.652 e. The Hall–Kier alpha value is -2.84. The van der Waals surface area contributed by atoms with Crippen LogP contribution in [-0.4, -0.2) is 17.0 Å². The predicted octanol–water partition coefficient (Wildman–Crippen LogP) is -1.95. The maximum atomic E-state index is 10.5. The summed E-state index contributed by atoms with van der Waals surface area (Å²) < 4.78 is 0. The molecule has 0 unspecified atom stereocenters. The fourth-order valence-electron chi connectivity index (χ4n) is 0.852. The summed E-state index contributed by atoms with van der Waals surface area (Å²) in [7, 11) is 0. The number of guanidine groups is 1. The molecule has 0 saturated heterocycles. The predicted molar refractivity (Wildman–Crippen MR) is 54.0 cm³/mol. The van der Waals surface area contributed by atoms with Crippen molar-refractivity contribution in [2.45, 2.75) is 0 Å². The normalized spacial score (nSPS) is 8.47. The van der Waals surface area contributed by atoms with Gasteiger partial charge in [-0.05, 0) is 12.2 Å². The first-order valence-corrected chi connectivity index (χ1v) is 4.05. The molecule has 0 aromatic heterocycles. The van der Waals surface area contributed by atoms with Gasteiger partial charge in [0, 0.05) is 6.07 Å². The minimum atomic E-state index is -2.33. The van der Waals surface area contributed by atoms with Crippen molar-refractivity contribution in [1.82, 2.24) is 0 Å². The number of carboxylic acid groups (broad SMARTS) is 2. The van der Waals surface area contributed by atoms with Gasteiger partial charge in [0.25, 0.3) is 5.69 Å². The van der Waals surface area contributed by atoms with Gasteiger partial charge >= 0.3 is 0 Å². The van der Waals surface area contributed by atoms with Crippen molar-refractivity contribution in [2.24, 2.45) is 16.5 Å². The van der Waals surface area contributed by atoms with Crippen LogP contribution in [0.15, 0.2) is 29.3 Å². The van der Waals surface area contributed by atoms with Crippen LogP contribution in [0.25, 0.3) is 0 Å². The van der Waals surface area contributed by atoms with E-state index in [4.69, 9.17) is 26.5 Å². The van der Waals surface area contributed by atoms with Crippen LogP contribution in [0.4, 0.5) is 16.2 Å². The Morgan fingerprint density at radius 3 is 2.12 bits per heavy atom. The molecule has 9 nitrogen and oxygen atoms in total. The van der Waals surface area contributed by atoms with Crippen molar-refractivity contribution in [3.05, 3.63) is 34.4 Å². The first kappa shape index (κ1) is 14.2. The quantitative estimate of drug-likeness (QED) is 0.261. The van der Waals surface area contributed by atoms with Crippen molar-refractivity contribution in [1.29, 1.82) is 0 Å². The number of carbonyl (C=O) groups is 1. The van der Waals surface area contributed by atoms with Crippen LogP contribution in [0.1, 0.15) is 0 Å². The van der Waals surface area contributed by atoms with Crippen molar-refractivity contribution in [3.8, 4) is 0 Å². The second kappa shape index (κ2) is 6.61. The first-order valence-electron chi connectivity index (χ1n) is 4.05. The van der Waals surface area contributed by atoms with Crippen LogP contribution in [0.2, 0.25) is 0 Å². The third-order valence-corrected chi connectivity index (χ3v) is 1.33. The number of nitrogens with zero attached hydrogens (tertiary/aromatic N) is 2. The van der Waals surface area contributed by atoms with E-state index in [9.17, 15) is 10.1 Å². The zero-order chi connectivity index (χ0) is 13.4. The molecular weight excluding hydrogens is 232 g/mol. The van der Waals surface area contributed by atoms with Crippen molar-refractivity contribution in [3.63, 3.8) is 0 Å². The number of hydrogen-bond acceptors (Lipinski definition) is 6. The number of nitro groups is 1. The van der Waals surface area contributed by atoms with E-state index < -0.39 is 11.1 Å². The molecule has 0 aliphatic carbocycles. The standard InChI is InChI=1S/C7H8N4O2.CH2O3/c8-7(9)10-5-3-1-2-4-6(5)11(12)13;2-1(3)4/h1-4H,(H4,8,9,10);(H2,2,3,4)/p-2. The van der Waals surface area contributed by atoms with Gasteiger partial charge in [0.15, 0.2) is 5.96 Å². The van der Waals surface area contributed by atoms with Gasteiger partial charge in [-0.2, -0.15) is 0 Å². The lowest BCUT2D eigenvalue weighted by molar-refractivity contribution is -0.415. The topological polar surface area (TPSA) is 171 Å². The molecule has 1 aromatic rings. The highest BCUT2D eigenvalue weighted by molar-refractivity contribution is 5.80. The second-order valence-electron chi connectivity index (χ2n) is 2.53. The van der Waals surface area contributed by atoms with Gasteiger partial charge < -0.3 is 26.5 Å². The van der Waals surface area contributed by atoms with E-state index in [0.29, 0.717) is 0 Å². The molecule has 0 radical (unpaired) electrons. The lowest BCUT2D eigenvalue weighted by Gasteiger charge is -1.96. The molecule has 9 heteroatoms. The molecule has 0 saturated carbocycles. The third-order valence-electron chi connectivity index (χ3n) is 1.33. The molecule has 92 valence electrons. The number of para-hydroxylation sites is 2. The van der Waals surface area contributed by atoms with Crippen LogP contribution in [0.5, 0.6) is 0 Å². The van der Waals surface area contributed by atoms with Crippen molar-refractivity contribution in [2.75, 3.05) is 0 Å². The zero-order valence-corrected chi connectivity index (χ0v) is 8.40. The SMILES string of the molecule is NC(N)=Nc1ccccc1[N+](=O)[O-].O=C([O-])[O-]. The summed E-state index contributed by atoms with van der Waals surface area (Å²) in [4.78, 5) is 21.9. The maximum Gasteiger partial charge on any atom is 0.294 e. The van der Waals surface area contributed by atoms with E-state index >= 15 is 0 Å². The average Bonchev–Trinajstić information content (AvgIpc) is 2.16. The van der Waals surface area contributed by atoms with Crippen LogP contribution in [0, 0.1) is 10.1 Å². The highest BCUT2D eigenvalue weighted by Crippen LogP contribution is 2.25. The van der Waals surface area contributed by atoms with Gasteiger partial charge in [-0.15, -0.1) is 0 Å². The Bertz CT molecular complexity index is 437. The summed E-state index contributed by atoms with van der Waals surface area (Å²) in [6.07, 6.45) is -2.33. The molecule has 0 heterocycles. The van der Waals surface area contributed by atoms with Crippen molar-refractivity contribution >= 4 is 23.5 Å². The monoisotopic (exact) mass is 240 g/mol. The molecule has 1 rings (SSSR count). The summed E-state index contributed by atoms with van der Waals surface area (Å²) in [5.74, 6) is -0.200. The molecule has 4 N–H and O–H groups in total. The van der Waals surface area contributed by atoms with E-state index in [0.717, 1.165) is 0 Å². The number of nitro benzene ring substituents is 1. The van der Waals surface area contributed by atoms with E-state index in [1.54, 1.807) is 12.1 Å². The van der Waals surface area contributed by atoms with E-state index in [-0.39, 0.29) is 17.3 Å². The number of hydrogen-bond donors (Lipinski definition) is 2. The number of benzene rings is 1. The number of nitrogens with two attached hydrogens (primary N) is 2. The Morgan fingerprint density at radius 1 is 1.24 bits per heavy atom. The lowest BCUT2D eigenvalue weighted by Crippen LogP contribution is -2.37. The van der Waals surface area contributed by atoms with Gasteiger partial charge in [-0.1, -0.05) is 12.1 Å². The van der Waals surface area contributed by atoms with E-state index in [1.807, 2.05) is 0 Å². The van der Waals surface area contributed by atoms with Gasteiger partial charge in [0.1, 0.15) is 5.69 Å². The molecule has 0 amide bonds. The van der Waals surface area contributed by atoms with Gasteiger partial charge in [0.05, 0.1) is 4.92 Å². The Balaban J connectivity index is 0.000000557. The molecule has 0 bridgehead atoms. The first-order chi connectivity index (χ1) is 7.84. The minimum absolute atomic E-state index is 0.115. The van der Waals surface area contributed by atoms with Gasteiger partial charge in [-0.3, -0.25) is 10.1 Å². The fraction of sp³-hybridized carbons (Fsp3) is 0. The van der Waals surface area contributed by atoms with Crippen molar-refractivity contribution < 1.29 is 19.9 Å². The minimum Gasteiger partial charge on any atom is -0.652 e. The maximum absolute atomic E-state index is 10.5. The Labute approximate surface area is 95.1 Å². The summed E-state index contributed by atoms with van der Waals surface area (Å²) in [5, 5.41) is 27.1. The van der Waals surface area contributed by atoms with Crippen LogP contribution < -0.4 is 21.7 Å². The summed E-state index contributed by atoms with van der Waals surface area (Å²) >= 11 is 0. The van der Waals surface area contributed by atoms with Gasteiger partial charge in [0.2, 0.25) is 0 Å². The molecule has 17 heavy (non-hydrogen) atoms. The molecule has 0 aliphatic rings. The highest BCUT2D eigenvalue weighted by atomic mass is 16.6. The third kappa shape index (κ3) is 6.28. The number of rotatable bonds is 2. The van der Waals surface area contributed by atoms with Crippen LogP contribution in [0.3, 0.4) is 0 Å². The zero-order valence-electron chi connectivity index (χ0n) is 8.40. The van der Waals surface area contributed by atoms with E-state index in [1.165, 1.54) is 12.1 Å². The molecule has 0 spiro atoms. The number of carbonyl (C=O) groups excluding carboxylic acids is 1. The Morgan fingerprint density at radius 2 is 1.71 bits per heavy atom. The van der Waals surface area contributed by atoms with Crippen LogP contribution >= 0.6 is 0 Å². The number of aliphatic imine (C=N–C) groups is 1. The molecular formula is C8H8N4O5-2. The molecule has 0 fully saturated rings. The smallest absolute Gasteiger partial charge is 0.294 e. The highest BCUT2D eigenvalue weighted by Gasteiger charge is 2.10. The average molecular weight is 240 g/mol. The Kier molecular flexibility index (Phi) is 5.50. The summed E-state index contributed by atoms with van der Waals surface area (Å²) in [6.45, 7) is 0. The van der Waals surface area contributed by atoms with Gasteiger partial charge in [-0.25, -0.2) is 4.99 Å². The molecule has 0 aliphatic heterocycles. The second-order valence-corrected chi connectivity index (χ2v) is 2.53. The van der Waals surface area contributed by atoms with E-state index in [2.05, 4.69) is 4.99 Å². The fourth-order valence-corrected chi connectivity index (χ4v) is 0.852. The molecule has 1 aromatic carbocycles. The summed E-state index contributed by atoms with van der Waals surface area (Å²) in [5.41, 5.74) is 10.2. The summed E-state index contributed by atoms with van der Waals surface area (Å²) in [6, 6.07) is 5.97. The molecule has 0 atom stereocenters.